The maximum atomic E-state index is 9.18. The summed E-state index contributed by atoms with van der Waals surface area (Å²) in [6.07, 6.45) is 0.896. The Kier molecular flexibility index (Phi) is 5.16. The van der Waals surface area contributed by atoms with E-state index in [0.717, 1.165) is 54.9 Å². The lowest BCUT2D eigenvalue weighted by Crippen LogP contribution is -2.57. The standard InChI is InChI=1S/C24H24BrN3S/c25-20-14-22(29-17-20)24(15-19-8-4-5-9-21(19)23(24)26)28-12-10-27(11-13-28)16-18-6-2-1-3-7-18/h1-9,14,17,26H,10-13,15-16H2. The first-order chi connectivity index (χ1) is 14.2. The molecule has 1 aromatic heterocycles. The van der Waals surface area contributed by atoms with E-state index in [1.807, 2.05) is 0 Å². The van der Waals surface area contributed by atoms with Crippen molar-refractivity contribution in [2.75, 3.05) is 26.2 Å². The summed E-state index contributed by atoms with van der Waals surface area (Å²) in [6.45, 7) is 5.04. The maximum Gasteiger partial charge on any atom is 0.102 e. The van der Waals surface area contributed by atoms with Gasteiger partial charge in [-0.2, -0.15) is 0 Å². The molecule has 1 aliphatic carbocycles. The summed E-state index contributed by atoms with van der Waals surface area (Å²) in [7, 11) is 0. The number of thiophene rings is 1. The Labute approximate surface area is 184 Å². The minimum atomic E-state index is -0.334. The fourth-order valence-electron chi connectivity index (χ4n) is 4.80. The molecule has 1 saturated heterocycles. The van der Waals surface area contributed by atoms with Crippen LogP contribution in [0, 0.1) is 5.41 Å². The lowest BCUT2D eigenvalue weighted by Gasteiger charge is -2.45. The van der Waals surface area contributed by atoms with Gasteiger partial charge in [-0.15, -0.1) is 11.3 Å². The first-order valence-corrected chi connectivity index (χ1v) is 11.8. The van der Waals surface area contributed by atoms with Gasteiger partial charge < -0.3 is 5.41 Å². The van der Waals surface area contributed by atoms with E-state index in [-0.39, 0.29) is 5.54 Å². The molecule has 5 rings (SSSR count). The van der Waals surface area contributed by atoms with Gasteiger partial charge in [-0.1, -0.05) is 54.6 Å². The molecule has 1 unspecified atom stereocenters. The molecule has 2 aromatic carbocycles. The molecule has 1 aliphatic heterocycles. The van der Waals surface area contributed by atoms with E-state index in [9.17, 15) is 5.41 Å². The Hall–Kier alpha value is -1.79. The fourth-order valence-corrected chi connectivity index (χ4v) is 6.46. The van der Waals surface area contributed by atoms with Gasteiger partial charge in [-0.3, -0.25) is 9.80 Å². The van der Waals surface area contributed by atoms with Crippen molar-refractivity contribution in [3.8, 4) is 0 Å². The SMILES string of the molecule is N=C1c2ccccc2CC1(c1cc(Br)cs1)N1CCN(Cc2ccccc2)CC1. The normalized spacial score (nSPS) is 22.7. The zero-order valence-corrected chi connectivity index (χ0v) is 18.7. The van der Waals surface area contributed by atoms with Crippen molar-refractivity contribution in [1.82, 2.24) is 9.80 Å². The van der Waals surface area contributed by atoms with Gasteiger partial charge in [0.15, 0.2) is 0 Å². The average Bonchev–Trinajstić information content (AvgIpc) is 3.32. The van der Waals surface area contributed by atoms with Crippen LogP contribution >= 0.6 is 27.3 Å². The molecule has 0 spiro atoms. The number of piperazine rings is 1. The van der Waals surface area contributed by atoms with Gasteiger partial charge in [-0.25, -0.2) is 0 Å². The van der Waals surface area contributed by atoms with Crippen LogP contribution in [0.15, 0.2) is 70.5 Å². The molecule has 0 radical (unpaired) electrons. The van der Waals surface area contributed by atoms with Crippen LogP contribution in [0.25, 0.3) is 0 Å². The third-order valence-electron chi connectivity index (χ3n) is 6.28. The van der Waals surface area contributed by atoms with Gasteiger partial charge in [0, 0.05) is 59.4 Å². The van der Waals surface area contributed by atoms with E-state index in [1.54, 1.807) is 11.3 Å². The maximum absolute atomic E-state index is 9.18. The Balaban J connectivity index is 1.42. The van der Waals surface area contributed by atoms with Gasteiger partial charge in [-0.05, 0) is 33.1 Å². The second kappa shape index (κ2) is 7.80. The molecular weight excluding hydrogens is 442 g/mol. The van der Waals surface area contributed by atoms with Crippen molar-refractivity contribution in [2.24, 2.45) is 0 Å². The summed E-state index contributed by atoms with van der Waals surface area (Å²) < 4.78 is 1.11. The van der Waals surface area contributed by atoms with E-state index in [2.05, 4.69) is 91.8 Å². The largest absolute Gasteiger partial charge is 0.302 e. The Morgan fingerprint density at radius 1 is 0.966 bits per heavy atom. The highest BCUT2D eigenvalue weighted by Crippen LogP contribution is 2.45. The molecule has 2 heterocycles. The Morgan fingerprint density at radius 3 is 2.38 bits per heavy atom. The lowest BCUT2D eigenvalue weighted by molar-refractivity contribution is 0.0676. The molecule has 0 bridgehead atoms. The lowest BCUT2D eigenvalue weighted by atomic mass is 9.88. The number of hydrogen-bond donors (Lipinski definition) is 1. The molecule has 1 fully saturated rings. The Bertz CT molecular complexity index is 1020. The van der Waals surface area contributed by atoms with Gasteiger partial charge in [0.25, 0.3) is 0 Å². The topological polar surface area (TPSA) is 30.3 Å². The molecule has 148 valence electrons. The van der Waals surface area contributed by atoms with E-state index >= 15 is 0 Å². The van der Waals surface area contributed by atoms with E-state index < -0.39 is 0 Å². The zero-order valence-electron chi connectivity index (χ0n) is 16.3. The van der Waals surface area contributed by atoms with E-state index in [0.29, 0.717) is 0 Å². The van der Waals surface area contributed by atoms with Crippen LogP contribution in [-0.2, 0) is 18.5 Å². The highest BCUT2D eigenvalue weighted by molar-refractivity contribution is 9.10. The van der Waals surface area contributed by atoms with Crippen LogP contribution in [0.2, 0.25) is 0 Å². The molecule has 29 heavy (non-hydrogen) atoms. The zero-order chi connectivity index (χ0) is 19.8. The first-order valence-electron chi connectivity index (χ1n) is 10.1. The van der Waals surface area contributed by atoms with Crippen molar-refractivity contribution < 1.29 is 0 Å². The van der Waals surface area contributed by atoms with Gasteiger partial charge in [0.05, 0.1) is 5.71 Å². The molecule has 3 aromatic rings. The summed E-state index contributed by atoms with van der Waals surface area (Å²) >= 11 is 5.42. The summed E-state index contributed by atoms with van der Waals surface area (Å²) in [4.78, 5) is 6.38. The molecule has 1 N–H and O–H groups in total. The molecule has 3 nitrogen and oxygen atoms in total. The quantitative estimate of drug-likeness (QED) is 0.577. The molecule has 2 aliphatic rings. The number of nitrogens with zero attached hydrogens (tertiary/aromatic N) is 2. The summed E-state index contributed by atoms with van der Waals surface area (Å²) in [6, 6.07) is 21.4. The van der Waals surface area contributed by atoms with Gasteiger partial charge >= 0.3 is 0 Å². The number of nitrogens with one attached hydrogen (secondary N) is 1. The third-order valence-corrected chi connectivity index (χ3v) is 8.12. The van der Waals surface area contributed by atoms with Crippen molar-refractivity contribution in [1.29, 1.82) is 5.41 Å². The fraction of sp³-hybridized carbons (Fsp3) is 0.292. The van der Waals surface area contributed by atoms with Crippen molar-refractivity contribution >= 4 is 33.0 Å². The van der Waals surface area contributed by atoms with Crippen LogP contribution in [0.1, 0.15) is 21.6 Å². The third kappa shape index (κ3) is 3.40. The molecule has 0 amide bonds. The second-order valence-corrected chi connectivity index (χ2v) is 9.77. The van der Waals surface area contributed by atoms with Crippen LogP contribution in [0.5, 0.6) is 0 Å². The number of benzene rings is 2. The van der Waals surface area contributed by atoms with Gasteiger partial charge in [0.1, 0.15) is 5.54 Å². The first kappa shape index (κ1) is 19.2. The summed E-state index contributed by atoms with van der Waals surface area (Å²) in [5, 5.41) is 11.3. The predicted molar refractivity (Wildman–Crippen MR) is 124 cm³/mol. The van der Waals surface area contributed by atoms with E-state index in [4.69, 9.17) is 0 Å². The van der Waals surface area contributed by atoms with Gasteiger partial charge in [0.2, 0.25) is 0 Å². The molecule has 5 heteroatoms. The highest BCUT2D eigenvalue weighted by Gasteiger charge is 2.49. The highest BCUT2D eigenvalue weighted by atomic mass is 79.9. The van der Waals surface area contributed by atoms with Crippen LogP contribution in [0.4, 0.5) is 0 Å². The van der Waals surface area contributed by atoms with Crippen LogP contribution in [-0.4, -0.2) is 41.7 Å². The number of rotatable bonds is 4. The second-order valence-electron chi connectivity index (χ2n) is 7.95. The van der Waals surface area contributed by atoms with E-state index in [1.165, 1.54) is 16.0 Å². The summed E-state index contributed by atoms with van der Waals surface area (Å²) in [5.74, 6) is 0. The minimum Gasteiger partial charge on any atom is -0.302 e. The van der Waals surface area contributed by atoms with Crippen molar-refractivity contribution in [3.63, 3.8) is 0 Å². The number of halogens is 1. The van der Waals surface area contributed by atoms with Crippen molar-refractivity contribution in [2.45, 2.75) is 18.5 Å². The number of hydrogen-bond acceptors (Lipinski definition) is 4. The molecular formula is C24H24BrN3S. The predicted octanol–water partition coefficient (Wildman–Crippen LogP) is 5.15. The monoisotopic (exact) mass is 465 g/mol. The molecule has 1 atom stereocenters. The number of fused-ring (bicyclic) bond motifs is 1. The van der Waals surface area contributed by atoms with Crippen LogP contribution < -0.4 is 0 Å². The summed E-state index contributed by atoms with van der Waals surface area (Å²) in [5.41, 5.74) is 4.22. The van der Waals surface area contributed by atoms with Crippen molar-refractivity contribution in [3.05, 3.63) is 92.1 Å². The average molecular weight is 466 g/mol. The smallest absolute Gasteiger partial charge is 0.102 e. The molecule has 0 saturated carbocycles. The minimum absolute atomic E-state index is 0.334. The van der Waals surface area contributed by atoms with Crippen LogP contribution in [0.3, 0.4) is 0 Å². The Morgan fingerprint density at radius 2 is 1.69 bits per heavy atom.